The second-order valence-electron chi connectivity index (χ2n) is 12.7. The van der Waals surface area contributed by atoms with Crippen molar-refractivity contribution in [3.05, 3.63) is 52.6 Å². The Labute approximate surface area is 248 Å². The van der Waals surface area contributed by atoms with Crippen LogP contribution in [0.3, 0.4) is 0 Å². The molecule has 5 atom stereocenters. The van der Waals surface area contributed by atoms with E-state index in [4.69, 9.17) is 9.47 Å². The van der Waals surface area contributed by atoms with E-state index in [9.17, 15) is 27.9 Å². The van der Waals surface area contributed by atoms with Crippen LogP contribution in [0.25, 0.3) is 0 Å². The quantitative estimate of drug-likeness (QED) is 0.307. The maximum Gasteiger partial charge on any atom is 0.416 e. The van der Waals surface area contributed by atoms with Crippen LogP contribution < -0.4 is 9.47 Å². The van der Waals surface area contributed by atoms with E-state index >= 15 is 0 Å². The van der Waals surface area contributed by atoms with Gasteiger partial charge in [-0.15, -0.1) is 0 Å². The molecule has 1 saturated heterocycles. The number of piperidine rings is 1. The summed E-state index contributed by atoms with van der Waals surface area (Å²) in [4.78, 5) is 29.9. The lowest BCUT2D eigenvalue weighted by atomic mass is 9.51. The van der Waals surface area contributed by atoms with Gasteiger partial charge in [-0.2, -0.15) is 13.2 Å². The van der Waals surface area contributed by atoms with Gasteiger partial charge in [0.1, 0.15) is 11.9 Å². The summed E-state index contributed by atoms with van der Waals surface area (Å²) in [5.74, 6) is 5.59. The number of benzene rings is 2. The first-order chi connectivity index (χ1) is 20.3. The molecule has 0 radical (unpaired) electrons. The third-order valence-corrected chi connectivity index (χ3v) is 9.66. The predicted molar refractivity (Wildman–Crippen MR) is 152 cm³/mol. The standard InChI is InChI=1S/C33H35F3N2O5/c1-18(2)17-38(28(41)12-7-20-5-8-21(9-6-20)33(34,35)36)24-11-10-23-25-15-22-26(40)16-27(42-19(3)39)30-29(22)32(23,31(24)43-30)13-14-37(25)4/h5-6,8-9,16,18,23-25,31,40H,10-11,13-15,17H2,1-4H3/t23-,24-,25+,31-,32-/m0/s1. The van der Waals surface area contributed by atoms with Gasteiger partial charge in [0.15, 0.2) is 11.5 Å². The molecular weight excluding hydrogens is 561 g/mol. The van der Waals surface area contributed by atoms with Gasteiger partial charge < -0.3 is 24.4 Å². The zero-order valence-corrected chi connectivity index (χ0v) is 24.6. The van der Waals surface area contributed by atoms with Crippen molar-refractivity contribution in [1.29, 1.82) is 0 Å². The molecule has 4 aliphatic rings. The van der Waals surface area contributed by atoms with Crippen LogP contribution in [0.15, 0.2) is 30.3 Å². The normalized spacial score (nSPS) is 27.1. The van der Waals surface area contributed by atoms with E-state index in [1.807, 2.05) is 13.8 Å². The molecule has 2 fully saturated rings. The lowest BCUT2D eigenvalue weighted by Gasteiger charge is -2.60. The molecule has 1 saturated carbocycles. The zero-order valence-electron chi connectivity index (χ0n) is 24.6. The highest BCUT2D eigenvalue weighted by Gasteiger charge is 2.67. The first kappa shape index (κ1) is 29.4. The summed E-state index contributed by atoms with van der Waals surface area (Å²) in [5, 5.41) is 11.1. The number of esters is 1. The van der Waals surface area contributed by atoms with Gasteiger partial charge in [0, 0.05) is 53.6 Å². The molecule has 2 aromatic rings. The predicted octanol–water partition coefficient (Wildman–Crippen LogP) is 4.91. The number of nitrogens with zero attached hydrogens (tertiary/aromatic N) is 2. The molecule has 1 spiro atoms. The second kappa shape index (κ2) is 10.5. The number of ether oxygens (including phenoxy) is 2. The van der Waals surface area contributed by atoms with Crippen molar-refractivity contribution in [3.8, 4) is 29.1 Å². The van der Waals surface area contributed by atoms with E-state index in [-0.39, 0.29) is 35.4 Å². The fourth-order valence-electron chi connectivity index (χ4n) is 8.02. The molecule has 2 aliphatic heterocycles. The van der Waals surface area contributed by atoms with Crippen molar-refractivity contribution in [2.24, 2.45) is 11.8 Å². The number of phenols is 1. The molecule has 6 rings (SSSR count). The number of likely N-dealkylation sites (tertiary alicyclic amines) is 1. The Morgan fingerprint density at radius 3 is 2.60 bits per heavy atom. The summed E-state index contributed by atoms with van der Waals surface area (Å²) in [5.41, 5.74) is 0.773. The average Bonchev–Trinajstić information content (AvgIpc) is 3.28. The Balaban J connectivity index is 1.40. The molecule has 0 aromatic heterocycles. The molecule has 2 aromatic carbocycles. The Kier molecular flexibility index (Phi) is 7.15. The molecule has 0 unspecified atom stereocenters. The van der Waals surface area contributed by atoms with E-state index < -0.39 is 35.1 Å². The monoisotopic (exact) mass is 596 g/mol. The van der Waals surface area contributed by atoms with Gasteiger partial charge in [0.05, 0.1) is 11.6 Å². The number of hydrogen-bond donors (Lipinski definition) is 1. The molecule has 10 heteroatoms. The average molecular weight is 597 g/mol. The highest BCUT2D eigenvalue weighted by atomic mass is 19.4. The number of halogens is 3. The topological polar surface area (TPSA) is 79.3 Å². The fraction of sp³-hybridized carbons (Fsp3) is 0.515. The largest absolute Gasteiger partial charge is 0.508 e. The molecule has 7 nitrogen and oxygen atoms in total. The van der Waals surface area contributed by atoms with Crippen LogP contribution in [0.1, 0.15) is 62.3 Å². The van der Waals surface area contributed by atoms with Crippen LogP contribution in [-0.2, 0) is 27.6 Å². The van der Waals surface area contributed by atoms with E-state index in [0.717, 1.165) is 42.6 Å². The van der Waals surface area contributed by atoms with Crippen LogP contribution in [0, 0.1) is 23.7 Å². The SMILES string of the molecule is CC(=O)Oc1cc(O)c2c3c1O[C@H]1[C@@H](N(CC(C)C)C(=O)C#Cc4ccc(C(F)(F)F)cc4)CC[C@H]4[C@@H](C2)N(C)CC[C@@]341. The van der Waals surface area contributed by atoms with E-state index in [1.165, 1.54) is 25.1 Å². The Morgan fingerprint density at radius 2 is 1.95 bits per heavy atom. The number of likely N-dealkylation sites (N-methyl/N-ethyl adjacent to an activating group) is 1. The number of carbonyl (C=O) groups is 2. The van der Waals surface area contributed by atoms with Gasteiger partial charge >= 0.3 is 12.1 Å². The third-order valence-electron chi connectivity index (χ3n) is 9.66. The van der Waals surface area contributed by atoms with Crippen molar-refractivity contribution in [1.82, 2.24) is 9.80 Å². The molecule has 1 amide bonds. The smallest absolute Gasteiger partial charge is 0.416 e. The third kappa shape index (κ3) is 4.82. The Hall–Kier alpha value is -3.71. The van der Waals surface area contributed by atoms with Gasteiger partial charge in [-0.1, -0.05) is 19.8 Å². The molecule has 1 N–H and O–H groups in total. The van der Waals surface area contributed by atoms with Crippen molar-refractivity contribution in [2.45, 2.75) is 76.2 Å². The zero-order chi connectivity index (χ0) is 30.8. The number of aromatic hydroxyl groups is 1. The molecule has 228 valence electrons. The van der Waals surface area contributed by atoms with E-state index in [0.29, 0.717) is 30.7 Å². The maximum absolute atomic E-state index is 13.8. The highest BCUT2D eigenvalue weighted by Crippen LogP contribution is 2.65. The van der Waals surface area contributed by atoms with Gasteiger partial charge in [-0.25, -0.2) is 0 Å². The summed E-state index contributed by atoms with van der Waals surface area (Å²) >= 11 is 0. The van der Waals surface area contributed by atoms with Crippen molar-refractivity contribution >= 4 is 11.9 Å². The summed E-state index contributed by atoms with van der Waals surface area (Å²) < 4.78 is 51.3. The van der Waals surface area contributed by atoms with Crippen LogP contribution in [0.5, 0.6) is 17.2 Å². The number of hydrogen-bond acceptors (Lipinski definition) is 6. The van der Waals surface area contributed by atoms with Gasteiger partial charge in [-0.3, -0.25) is 9.59 Å². The number of alkyl halides is 3. The Morgan fingerprint density at radius 1 is 1.23 bits per heavy atom. The summed E-state index contributed by atoms with van der Waals surface area (Å²) in [7, 11) is 2.11. The van der Waals surface area contributed by atoms with Crippen LogP contribution in [-0.4, -0.2) is 65.1 Å². The van der Waals surface area contributed by atoms with Crippen molar-refractivity contribution in [3.63, 3.8) is 0 Å². The summed E-state index contributed by atoms with van der Waals surface area (Å²) in [6.07, 6.45) is -1.96. The number of carbonyl (C=O) groups excluding carboxylic acids is 2. The van der Waals surface area contributed by atoms with Crippen LogP contribution >= 0.6 is 0 Å². The van der Waals surface area contributed by atoms with Gasteiger partial charge in [-0.05, 0) is 75.4 Å². The number of phenolic OH excluding ortho intramolecular Hbond substituents is 1. The van der Waals surface area contributed by atoms with Crippen molar-refractivity contribution < 1.29 is 37.3 Å². The lowest BCUT2D eigenvalue weighted by Crippen LogP contribution is -2.68. The second-order valence-corrected chi connectivity index (χ2v) is 12.7. The Bertz CT molecular complexity index is 1530. The molecule has 2 bridgehead atoms. The number of rotatable bonds is 4. The number of amides is 1. The molecule has 2 heterocycles. The minimum Gasteiger partial charge on any atom is -0.508 e. The molecule has 2 aliphatic carbocycles. The summed E-state index contributed by atoms with van der Waals surface area (Å²) in [6.45, 7) is 6.56. The van der Waals surface area contributed by atoms with Gasteiger partial charge in [0.2, 0.25) is 0 Å². The molecule has 43 heavy (non-hydrogen) atoms. The highest BCUT2D eigenvalue weighted by molar-refractivity contribution is 5.94. The first-order valence-electron chi connectivity index (χ1n) is 14.8. The van der Waals surface area contributed by atoms with Crippen molar-refractivity contribution in [2.75, 3.05) is 20.1 Å². The minimum atomic E-state index is -4.45. The van der Waals surface area contributed by atoms with Crippen LogP contribution in [0.4, 0.5) is 13.2 Å². The maximum atomic E-state index is 13.8. The first-order valence-corrected chi connectivity index (χ1v) is 14.8. The van der Waals surface area contributed by atoms with E-state index in [2.05, 4.69) is 23.8 Å². The fourth-order valence-corrected chi connectivity index (χ4v) is 8.02. The van der Waals surface area contributed by atoms with Gasteiger partial charge in [0.25, 0.3) is 5.91 Å². The molecular formula is C33H35F3N2O5. The lowest BCUT2D eigenvalue weighted by molar-refractivity contribution is -0.138. The van der Waals surface area contributed by atoms with E-state index in [1.54, 1.807) is 4.90 Å². The summed E-state index contributed by atoms with van der Waals surface area (Å²) in [6, 6.07) is 5.75. The van der Waals surface area contributed by atoms with Crippen LogP contribution in [0.2, 0.25) is 0 Å². The minimum absolute atomic E-state index is 0.0806.